The molecular weight excluding hydrogens is 930 g/mol. The van der Waals surface area contributed by atoms with Gasteiger partial charge in [0.2, 0.25) is 23.6 Å². The lowest BCUT2D eigenvalue weighted by Crippen LogP contribution is -2.60. The summed E-state index contributed by atoms with van der Waals surface area (Å²) in [4.78, 5) is 85.5. The second-order valence-electron chi connectivity index (χ2n) is 18.0. The van der Waals surface area contributed by atoms with Crippen molar-refractivity contribution in [2.45, 2.75) is 130 Å². The third-order valence-corrected chi connectivity index (χ3v) is 14.9. The molecule has 7 N–H and O–H groups in total. The van der Waals surface area contributed by atoms with Crippen LogP contribution in [0.1, 0.15) is 92.7 Å². The number of ether oxygens (including phenoxy) is 3. The van der Waals surface area contributed by atoms with Crippen molar-refractivity contribution in [2.24, 2.45) is 29.6 Å². The van der Waals surface area contributed by atoms with Crippen LogP contribution in [0.3, 0.4) is 0 Å². The number of hydrogen-bond donors (Lipinski definition) is 6. The largest absolute Gasteiger partial charge is 0.482 e. The average molecular weight is 1010 g/mol. The Hall–Kier alpha value is -2.92. The summed E-state index contributed by atoms with van der Waals surface area (Å²) in [6.45, 7) is 13.6. The number of aliphatic hydroxyl groups is 1. The van der Waals surface area contributed by atoms with Crippen LogP contribution >= 0.6 is 15.6 Å². The highest BCUT2D eigenvalue weighted by Gasteiger charge is 2.44. The normalized spacial score (nSPS) is 20.1. The van der Waals surface area contributed by atoms with Crippen molar-refractivity contribution in [1.29, 1.82) is 0 Å². The number of likely N-dealkylation sites (N-methyl/N-ethyl adjacent to an activating group) is 2. The standard InChI is InChI=1S/C44H80N6O16P2/c1-13-30(6)39(35(60-11)26-36(51)50-21-17-20-34(50)41(61-12)31(7)42(53)46-32(8)40(52)33-18-15-14-16-19-33)49(10)44(55)37(28(2)3)47-43(54)38(29(4)5)48(9)27-65-68(58,59)66-67(56,57)64-25-23-62-22-24-63-45/h14-16,18-19,28-32,34-35,37-41,52H,13,17,20-27,45H2,1-12H3,(H,46,53)(H,47,54)(H,56,57)(H,58,59)/t30-,31+,32+,34-,35+,37-,38-,39-,40+,41+/m0/s1. The maximum absolute atomic E-state index is 14.5. The summed E-state index contributed by atoms with van der Waals surface area (Å²) in [5.74, 6) is 1.58. The van der Waals surface area contributed by atoms with Crippen LogP contribution in [0.2, 0.25) is 0 Å². The lowest BCUT2D eigenvalue weighted by Gasteiger charge is -2.41. The molecule has 2 rings (SSSR count). The Bertz CT molecular complexity index is 1800. The molecule has 1 aromatic rings. The van der Waals surface area contributed by atoms with E-state index >= 15 is 0 Å². The molecule has 2 unspecified atom stereocenters. The summed E-state index contributed by atoms with van der Waals surface area (Å²) < 4.78 is 56.0. The third-order valence-electron chi connectivity index (χ3n) is 12.3. The Labute approximate surface area is 402 Å². The predicted octanol–water partition coefficient (Wildman–Crippen LogP) is 3.36. The van der Waals surface area contributed by atoms with Gasteiger partial charge in [-0.25, -0.2) is 15.0 Å². The van der Waals surface area contributed by atoms with Crippen LogP contribution in [0.5, 0.6) is 0 Å². The number of benzene rings is 1. The van der Waals surface area contributed by atoms with Crippen molar-refractivity contribution in [3.8, 4) is 0 Å². The number of aliphatic hydroxyl groups excluding tert-OH is 1. The first kappa shape index (κ1) is 61.2. The first-order valence-electron chi connectivity index (χ1n) is 23.1. The molecule has 0 aliphatic carbocycles. The Morgan fingerprint density at radius 1 is 0.868 bits per heavy atom. The molecule has 1 saturated heterocycles. The highest BCUT2D eigenvalue weighted by atomic mass is 31.3. The second-order valence-corrected chi connectivity index (χ2v) is 21.1. The van der Waals surface area contributed by atoms with Gasteiger partial charge in [-0.2, -0.15) is 4.31 Å². The fourth-order valence-electron chi connectivity index (χ4n) is 8.51. The number of methoxy groups -OCH3 is 2. The minimum absolute atomic E-state index is 0.0610. The SMILES string of the molecule is CC[C@H](C)[C@@H]([C@@H](CC(=O)N1CCC[C@H]1[C@H](OC)[C@@H](C)C(=O)N[C@H](C)[C@@H](O)c1ccccc1)OC)N(C)C(=O)[C@@H](NC(=O)[C@H](C(C)C)N(C)COP(=O)(O)OP(=O)(O)OCCOCCON)C(C)C. The van der Waals surface area contributed by atoms with Crippen molar-refractivity contribution in [3.63, 3.8) is 0 Å². The molecular formula is C44H80N6O16P2. The van der Waals surface area contributed by atoms with E-state index < -0.39 is 107 Å². The van der Waals surface area contributed by atoms with Crippen LogP contribution in [0.25, 0.3) is 0 Å². The lowest BCUT2D eigenvalue weighted by atomic mass is 9.89. The van der Waals surface area contributed by atoms with Crippen molar-refractivity contribution >= 4 is 39.3 Å². The molecule has 68 heavy (non-hydrogen) atoms. The van der Waals surface area contributed by atoms with Gasteiger partial charge < -0.3 is 54.4 Å². The van der Waals surface area contributed by atoms with E-state index in [4.69, 9.17) is 24.6 Å². The van der Waals surface area contributed by atoms with Crippen molar-refractivity contribution in [1.82, 2.24) is 25.3 Å². The topological polar surface area (TPSA) is 288 Å². The average Bonchev–Trinajstić information content (AvgIpc) is 3.77. The summed E-state index contributed by atoms with van der Waals surface area (Å²) in [7, 11) is -4.27. The second kappa shape index (κ2) is 29.4. The van der Waals surface area contributed by atoms with E-state index in [0.717, 1.165) is 0 Å². The van der Waals surface area contributed by atoms with Gasteiger partial charge in [-0.15, -0.1) is 0 Å². The summed E-state index contributed by atoms with van der Waals surface area (Å²) in [6, 6.07) is 5.30. The van der Waals surface area contributed by atoms with Crippen LogP contribution < -0.4 is 16.5 Å². The Morgan fingerprint density at radius 2 is 1.49 bits per heavy atom. The molecule has 1 aromatic carbocycles. The summed E-state index contributed by atoms with van der Waals surface area (Å²) >= 11 is 0. The van der Waals surface area contributed by atoms with Gasteiger partial charge in [0.15, 0.2) is 0 Å². The first-order chi connectivity index (χ1) is 31.9. The van der Waals surface area contributed by atoms with Crippen LogP contribution in [-0.4, -0.2) is 164 Å². The molecule has 1 aliphatic heterocycles. The van der Waals surface area contributed by atoms with E-state index in [1.165, 1.54) is 31.1 Å². The number of nitrogens with zero attached hydrogens (tertiary/aromatic N) is 3. The van der Waals surface area contributed by atoms with Crippen molar-refractivity contribution < 1.29 is 75.6 Å². The lowest BCUT2D eigenvalue weighted by molar-refractivity contribution is -0.148. The maximum atomic E-state index is 14.5. The number of phosphoric acid groups is 2. The number of hydrogen-bond acceptors (Lipinski definition) is 16. The molecule has 1 aliphatic rings. The van der Waals surface area contributed by atoms with Gasteiger partial charge in [0.1, 0.15) is 12.8 Å². The number of carbonyl (C=O) groups excluding carboxylic acids is 4. The van der Waals surface area contributed by atoms with Crippen LogP contribution in [0.4, 0.5) is 0 Å². The van der Waals surface area contributed by atoms with E-state index in [0.29, 0.717) is 31.4 Å². The third kappa shape index (κ3) is 18.7. The molecule has 1 fully saturated rings. The van der Waals surface area contributed by atoms with Gasteiger partial charge in [0.05, 0.1) is 81.2 Å². The highest BCUT2D eigenvalue weighted by Crippen LogP contribution is 2.60. The Morgan fingerprint density at radius 3 is 2.04 bits per heavy atom. The van der Waals surface area contributed by atoms with Crippen molar-refractivity contribution in [2.75, 3.05) is 68.0 Å². The van der Waals surface area contributed by atoms with Gasteiger partial charge in [-0.05, 0) is 50.1 Å². The number of amides is 4. The zero-order valence-corrected chi connectivity index (χ0v) is 43.6. The Balaban J connectivity index is 2.20. The Kier molecular flexibility index (Phi) is 26.5. The molecule has 392 valence electrons. The molecule has 1 heterocycles. The fraction of sp³-hybridized carbons (Fsp3) is 0.773. The fourth-order valence-corrected chi connectivity index (χ4v) is 10.6. The van der Waals surface area contributed by atoms with Gasteiger partial charge >= 0.3 is 15.6 Å². The highest BCUT2D eigenvalue weighted by molar-refractivity contribution is 7.61. The number of phosphoric ester groups is 2. The maximum Gasteiger partial charge on any atom is 0.482 e. The summed E-state index contributed by atoms with van der Waals surface area (Å²) in [5.41, 5.74) is 0.669. The van der Waals surface area contributed by atoms with Crippen LogP contribution in [-0.2, 0) is 60.7 Å². The summed E-state index contributed by atoms with van der Waals surface area (Å²) in [6.07, 6.45) is -0.553. The molecule has 4 amide bonds. The van der Waals surface area contributed by atoms with E-state index in [2.05, 4.69) is 24.3 Å². The molecule has 12 atom stereocenters. The van der Waals surface area contributed by atoms with Gasteiger partial charge in [-0.3, -0.25) is 33.1 Å². The molecule has 0 saturated carbocycles. The number of nitrogens with two attached hydrogens (primary N) is 1. The zero-order valence-electron chi connectivity index (χ0n) is 41.8. The van der Waals surface area contributed by atoms with Crippen LogP contribution in [0.15, 0.2) is 30.3 Å². The summed E-state index contributed by atoms with van der Waals surface area (Å²) in [5, 5.41) is 16.7. The number of nitrogens with one attached hydrogen (secondary N) is 2. The van der Waals surface area contributed by atoms with Gasteiger partial charge in [-0.1, -0.05) is 85.2 Å². The van der Waals surface area contributed by atoms with E-state index in [1.807, 2.05) is 32.0 Å². The number of carbonyl (C=O) groups is 4. The van der Waals surface area contributed by atoms with E-state index in [9.17, 15) is 43.2 Å². The molecule has 0 radical (unpaired) electrons. The van der Waals surface area contributed by atoms with Gasteiger partial charge in [0, 0.05) is 27.8 Å². The van der Waals surface area contributed by atoms with Crippen LogP contribution in [0, 0.1) is 23.7 Å². The molecule has 0 aromatic heterocycles. The van der Waals surface area contributed by atoms with Gasteiger partial charge in [0.25, 0.3) is 0 Å². The molecule has 24 heteroatoms. The minimum atomic E-state index is -5.21. The van der Waals surface area contributed by atoms with E-state index in [1.54, 1.807) is 65.6 Å². The monoisotopic (exact) mass is 1010 g/mol. The molecule has 22 nitrogen and oxygen atoms in total. The first-order valence-corrected chi connectivity index (χ1v) is 26.1. The van der Waals surface area contributed by atoms with E-state index in [-0.39, 0.29) is 44.0 Å². The number of likely N-dealkylation sites (tertiary alicyclic amines) is 1. The smallest absolute Gasteiger partial charge is 0.386 e. The zero-order chi connectivity index (χ0) is 51.5. The van der Waals surface area contributed by atoms with Crippen molar-refractivity contribution in [3.05, 3.63) is 35.9 Å². The number of rotatable bonds is 32. The predicted molar refractivity (Wildman–Crippen MR) is 252 cm³/mol. The molecule has 0 bridgehead atoms. The molecule has 0 spiro atoms. The minimum Gasteiger partial charge on any atom is -0.386 e. The quantitative estimate of drug-likeness (QED) is 0.0261.